The summed E-state index contributed by atoms with van der Waals surface area (Å²) < 4.78 is 6.66. The topological polar surface area (TPSA) is 61.5 Å². The minimum absolute atomic E-state index is 0.0165. The molecular formula is C6H14ClN2O2P. The molecule has 4 nitrogen and oxygen atoms in total. The Morgan fingerprint density at radius 2 is 2.50 bits per heavy atom. The van der Waals surface area contributed by atoms with E-state index in [1.54, 1.807) is 4.67 Å². The van der Waals surface area contributed by atoms with Gasteiger partial charge in [0.1, 0.15) is 0 Å². The maximum Gasteiger partial charge on any atom is 0.247 e. The van der Waals surface area contributed by atoms with Gasteiger partial charge >= 0.3 is 0 Å². The predicted molar refractivity (Wildman–Crippen MR) is 48.6 cm³/mol. The van der Waals surface area contributed by atoms with Crippen LogP contribution in [0.3, 0.4) is 0 Å². The smallest absolute Gasteiger partial charge is 0.247 e. The molecule has 6 heteroatoms. The standard InChI is InChI=1S/C6H14ClN2O2P/c1-6(5-7)9-3-2-4-11-12(9,8)10/h6H,2-5H2,1H3,(H2,8,10)/t6-,12?/m0/s1. The first-order valence-corrected chi connectivity index (χ1v) is 6.12. The van der Waals surface area contributed by atoms with Crippen LogP contribution in [0.25, 0.3) is 0 Å². The average molecular weight is 213 g/mol. The van der Waals surface area contributed by atoms with Crippen molar-refractivity contribution in [2.75, 3.05) is 19.0 Å². The third kappa shape index (κ3) is 2.28. The molecule has 0 aliphatic carbocycles. The third-order valence-electron chi connectivity index (χ3n) is 1.90. The van der Waals surface area contributed by atoms with Crippen LogP contribution in [0.1, 0.15) is 13.3 Å². The van der Waals surface area contributed by atoms with Crippen molar-refractivity contribution in [3.63, 3.8) is 0 Å². The lowest BCUT2D eigenvalue weighted by Crippen LogP contribution is -2.47. The van der Waals surface area contributed by atoms with Crippen molar-refractivity contribution in [3.8, 4) is 0 Å². The molecule has 0 amide bonds. The number of nitrogens with two attached hydrogens (primary N) is 1. The van der Waals surface area contributed by atoms with Crippen LogP contribution >= 0.6 is 19.6 Å². The van der Waals surface area contributed by atoms with E-state index in [-0.39, 0.29) is 6.04 Å². The van der Waals surface area contributed by atoms with Gasteiger partial charge < -0.3 is 4.89 Å². The van der Waals surface area contributed by atoms with E-state index in [1.165, 1.54) is 0 Å². The van der Waals surface area contributed by atoms with Crippen molar-refractivity contribution >= 4 is 19.6 Å². The predicted octanol–water partition coefficient (Wildman–Crippen LogP) is 0.333. The van der Waals surface area contributed by atoms with Crippen molar-refractivity contribution in [2.24, 2.45) is 5.50 Å². The fourth-order valence-corrected chi connectivity index (χ4v) is 3.06. The van der Waals surface area contributed by atoms with Gasteiger partial charge in [-0.25, -0.2) is 4.52 Å². The van der Waals surface area contributed by atoms with E-state index in [0.717, 1.165) is 6.42 Å². The van der Waals surface area contributed by atoms with E-state index in [9.17, 15) is 4.89 Å². The first-order chi connectivity index (χ1) is 5.58. The first kappa shape index (κ1) is 10.6. The van der Waals surface area contributed by atoms with Gasteiger partial charge in [0.2, 0.25) is 8.02 Å². The van der Waals surface area contributed by atoms with Gasteiger partial charge in [-0.05, 0) is 13.3 Å². The fourth-order valence-electron chi connectivity index (χ4n) is 1.21. The third-order valence-corrected chi connectivity index (χ3v) is 4.21. The normalized spacial score (nSPS) is 35.0. The SMILES string of the molecule is C[C@@H](CCl)N1CCCO[P+]1(N)[O-]. The van der Waals surface area contributed by atoms with Gasteiger partial charge in [-0.2, -0.15) is 5.50 Å². The molecule has 1 rings (SSSR count). The van der Waals surface area contributed by atoms with Crippen molar-refractivity contribution in [1.29, 1.82) is 0 Å². The highest BCUT2D eigenvalue weighted by molar-refractivity contribution is 7.59. The molecule has 1 unspecified atom stereocenters. The molecule has 1 fully saturated rings. The van der Waals surface area contributed by atoms with Crippen LogP contribution in [0.2, 0.25) is 0 Å². The Balaban J connectivity index is 2.59. The van der Waals surface area contributed by atoms with E-state index in [2.05, 4.69) is 0 Å². The summed E-state index contributed by atoms with van der Waals surface area (Å²) in [6.45, 7) is 3.09. The van der Waals surface area contributed by atoms with Crippen LogP contribution in [0, 0.1) is 0 Å². The summed E-state index contributed by atoms with van der Waals surface area (Å²) in [4.78, 5) is 11.6. The molecule has 0 bridgehead atoms. The molecule has 1 aliphatic heterocycles. The van der Waals surface area contributed by atoms with Crippen LogP contribution in [-0.2, 0) is 4.52 Å². The van der Waals surface area contributed by atoms with Crippen molar-refractivity contribution in [1.82, 2.24) is 4.67 Å². The molecule has 72 valence electrons. The lowest BCUT2D eigenvalue weighted by Gasteiger charge is -2.40. The highest BCUT2D eigenvalue weighted by atomic mass is 35.5. The van der Waals surface area contributed by atoms with Gasteiger partial charge in [-0.3, -0.25) is 0 Å². The Hall–Kier alpha value is 0.560. The summed E-state index contributed by atoms with van der Waals surface area (Å²) >= 11 is 5.64. The fraction of sp³-hybridized carbons (Fsp3) is 1.00. The second kappa shape index (κ2) is 4.18. The van der Waals surface area contributed by atoms with Crippen LogP contribution in [0.5, 0.6) is 0 Å². The van der Waals surface area contributed by atoms with Gasteiger partial charge in [0.15, 0.2) is 0 Å². The van der Waals surface area contributed by atoms with Crippen LogP contribution in [-0.4, -0.2) is 29.7 Å². The summed E-state index contributed by atoms with van der Waals surface area (Å²) in [7, 11) is -3.02. The van der Waals surface area contributed by atoms with Crippen molar-refractivity contribution in [2.45, 2.75) is 19.4 Å². The zero-order valence-corrected chi connectivity index (χ0v) is 8.72. The molecule has 0 aromatic rings. The Labute approximate surface area is 78.2 Å². The molecule has 12 heavy (non-hydrogen) atoms. The Morgan fingerprint density at radius 3 is 3.00 bits per heavy atom. The molecular weight excluding hydrogens is 199 g/mol. The average Bonchev–Trinajstić information content (AvgIpc) is 2.02. The highest BCUT2D eigenvalue weighted by Crippen LogP contribution is 2.50. The number of halogens is 1. The molecule has 0 saturated carbocycles. The maximum atomic E-state index is 11.6. The Kier molecular flexibility index (Phi) is 3.71. The molecule has 0 aromatic carbocycles. The molecule has 1 aliphatic rings. The molecule has 1 heterocycles. The van der Waals surface area contributed by atoms with E-state index in [0.29, 0.717) is 19.0 Å². The van der Waals surface area contributed by atoms with E-state index in [1.807, 2.05) is 6.92 Å². The second-order valence-corrected chi connectivity index (χ2v) is 5.13. The minimum Gasteiger partial charge on any atom is -0.626 e. The molecule has 0 aromatic heterocycles. The van der Waals surface area contributed by atoms with E-state index < -0.39 is 8.02 Å². The van der Waals surface area contributed by atoms with E-state index in [4.69, 9.17) is 21.6 Å². The lowest BCUT2D eigenvalue weighted by molar-refractivity contribution is -0.212. The van der Waals surface area contributed by atoms with Gasteiger partial charge in [-0.15, -0.1) is 16.3 Å². The number of hydrogen-bond acceptors (Lipinski definition) is 4. The second-order valence-electron chi connectivity index (χ2n) is 2.92. The van der Waals surface area contributed by atoms with Crippen LogP contribution in [0.15, 0.2) is 0 Å². The largest absolute Gasteiger partial charge is 0.626 e. The van der Waals surface area contributed by atoms with Gasteiger partial charge in [0, 0.05) is 12.4 Å². The summed E-state index contributed by atoms with van der Waals surface area (Å²) in [5.41, 5.74) is 5.50. The first-order valence-electron chi connectivity index (χ1n) is 3.94. The minimum atomic E-state index is -3.02. The quantitative estimate of drug-likeness (QED) is 0.530. The lowest BCUT2D eigenvalue weighted by atomic mass is 10.3. The van der Waals surface area contributed by atoms with Gasteiger partial charge in [0.25, 0.3) is 0 Å². The molecule has 2 N–H and O–H groups in total. The summed E-state index contributed by atoms with van der Waals surface area (Å²) in [6.07, 6.45) is 0.864. The molecule has 0 spiro atoms. The van der Waals surface area contributed by atoms with Gasteiger partial charge in [0.05, 0.1) is 12.6 Å². The van der Waals surface area contributed by atoms with Crippen molar-refractivity contribution in [3.05, 3.63) is 0 Å². The Bertz CT molecular complexity index is 158. The molecule has 0 radical (unpaired) electrons. The van der Waals surface area contributed by atoms with Crippen molar-refractivity contribution < 1.29 is 9.42 Å². The summed E-state index contributed by atoms with van der Waals surface area (Å²) in [6, 6.07) is 0.0165. The van der Waals surface area contributed by atoms with Gasteiger partial charge in [-0.1, -0.05) is 0 Å². The van der Waals surface area contributed by atoms with E-state index >= 15 is 0 Å². The van der Waals surface area contributed by atoms with Crippen LogP contribution < -0.4 is 10.4 Å². The monoisotopic (exact) mass is 212 g/mol. The zero-order valence-electron chi connectivity index (χ0n) is 7.07. The van der Waals surface area contributed by atoms with Crippen LogP contribution in [0.4, 0.5) is 0 Å². The zero-order chi connectivity index (χ0) is 9.19. The number of hydrogen-bond donors (Lipinski definition) is 1. The Morgan fingerprint density at radius 1 is 1.83 bits per heavy atom. The summed E-state index contributed by atoms with van der Waals surface area (Å²) in [5.74, 6) is 0.421. The number of nitrogens with zero attached hydrogens (tertiary/aromatic N) is 1. The highest BCUT2D eigenvalue weighted by Gasteiger charge is 2.38. The maximum absolute atomic E-state index is 11.6. The summed E-state index contributed by atoms with van der Waals surface area (Å²) in [5, 5.41) is 0. The molecule has 2 atom stereocenters. The number of alkyl halides is 1. The number of rotatable bonds is 2. The molecule has 1 saturated heterocycles.